The molecule has 202 valence electrons. The number of likely N-dealkylation sites (tertiary alicyclic amines) is 1. The number of piperidine rings is 1. The van der Waals surface area contributed by atoms with E-state index in [1.54, 1.807) is 12.1 Å². The van der Waals surface area contributed by atoms with Crippen LogP contribution in [0.4, 0.5) is 15.3 Å². The molecule has 0 unspecified atom stereocenters. The van der Waals surface area contributed by atoms with Crippen LogP contribution in [0, 0.1) is 6.92 Å². The Morgan fingerprint density at radius 1 is 1.03 bits per heavy atom. The highest BCUT2D eigenvalue weighted by atomic mass is 16.7. The Labute approximate surface area is 228 Å². The van der Waals surface area contributed by atoms with Gasteiger partial charge in [0.05, 0.1) is 11.0 Å². The van der Waals surface area contributed by atoms with Crippen molar-refractivity contribution in [3.8, 4) is 16.9 Å². The fraction of sp³-hybridized carbons (Fsp3) is 0.323. The van der Waals surface area contributed by atoms with E-state index in [0.29, 0.717) is 12.3 Å². The zero-order valence-electron chi connectivity index (χ0n) is 22.4. The maximum absolute atomic E-state index is 12.9. The summed E-state index contributed by atoms with van der Waals surface area (Å²) in [6.07, 6.45) is 3.77. The van der Waals surface area contributed by atoms with E-state index in [-0.39, 0.29) is 6.03 Å². The van der Waals surface area contributed by atoms with Gasteiger partial charge in [0.2, 0.25) is 0 Å². The van der Waals surface area contributed by atoms with Crippen molar-refractivity contribution in [1.82, 2.24) is 14.5 Å². The van der Waals surface area contributed by atoms with Crippen molar-refractivity contribution >= 4 is 28.9 Å². The molecule has 0 spiro atoms. The maximum atomic E-state index is 12.9. The van der Waals surface area contributed by atoms with Crippen LogP contribution < -0.4 is 10.1 Å². The zero-order chi connectivity index (χ0) is 27.4. The summed E-state index contributed by atoms with van der Waals surface area (Å²) in [6.45, 7) is 6.41. The van der Waals surface area contributed by atoms with Crippen molar-refractivity contribution in [2.75, 3.05) is 18.4 Å². The molecular formula is C31H34N4O4. The number of aryl methyl sites for hydroxylation is 2. The molecule has 2 N–H and O–H groups in total. The third-order valence-corrected chi connectivity index (χ3v) is 7.18. The molecule has 0 atom stereocenters. The summed E-state index contributed by atoms with van der Waals surface area (Å²) in [4.78, 5) is 30.9. The minimum absolute atomic E-state index is 0.0453. The predicted molar refractivity (Wildman–Crippen MR) is 153 cm³/mol. The molecule has 0 bridgehead atoms. The number of hydrogen-bond acceptors (Lipinski definition) is 4. The van der Waals surface area contributed by atoms with Gasteiger partial charge in [0, 0.05) is 37.3 Å². The molecule has 4 aromatic rings. The highest BCUT2D eigenvalue weighted by molar-refractivity contribution is 5.93. The molecule has 2 heterocycles. The van der Waals surface area contributed by atoms with E-state index in [4.69, 9.17) is 14.8 Å². The van der Waals surface area contributed by atoms with Gasteiger partial charge in [-0.05, 0) is 67.5 Å². The first kappa shape index (κ1) is 26.3. The lowest BCUT2D eigenvalue weighted by atomic mass is 10.0. The Bertz CT molecular complexity index is 1490. The first-order valence-corrected chi connectivity index (χ1v) is 13.6. The van der Waals surface area contributed by atoms with E-state index < -0.39 is 6.16 Å². The molecule has 2 amide bonds. The van der Waals surface area contributed by atoms with Crippen LogP contribution in [0.1, 0.15) is 49.6 Å². The molecule has 39 heavy (non-hydrogen) atoms. The van der Waals surface area contributed by atoms with Gasteiger partial charge in [-0.3, -0.25) is 0 Å². The minimum atomic E-state index is -1.34. The number of carbonyl (C=O) groups excluding carboxylic acids is 1. The van der Waals surface area contributed by atoms with Crippen LogP contribution in [0.3, 0.4) is 0 Å². The number of nitrogens with zero attached hydrogens (tertiary/aromatic N) is 3. The minimum Gasteiger partial charge on any atom is -0.449 e. The molecule has 0 aliphatic carbocycles. The second-order valence-corrected chi connectivity index (χ2v) is 10.1. The number of imidazole rings is 1. The standard InChI is InChI=1S/C31H34N4O4/c1-3-9-28-33-29-21(2)18-24(32-30(36)34-16-7-4-8-17-34)19-26(29)35(28)20-22-12-14-23(15-13-22)25-10-5-6-11-27(25)39-31(37)38/h5-6,10-15,18-19H,3-4,7-9,16-17,20H2,1-2H3,(H,32,36)(H,37,38). The molecule has 1 aliphatic rings. The van der Waals surface area contributed by atoms with E-state index in [0.717, 1.165) is 83.6 Å². The second-order valence-electron chi connectivity index (χ2n) is 10.1. The fourth-order valence-corrected chi connectivity index (χ4v) is 5.26. The van der Waals surface area contributed by atoms with E-state index in [2.05, 4.69) is 16.8 Å². The summed E-state index contributed by atoms with van der Waals surface area (Å²) in [7, 11) is 0. The summed E-state index contributed by atoms with van der Waals surface area (Å²) in [6, 6.07) is 19.1. The summed E-state index contributed by atoms with van der Waals surface area (Å²) >= 11 is 0. The van der Waals surface area contributed by atoms with Gasteiger partial charge >= 0.3 is 12.2 Å². The van der Waals surface area contributed by atoms with E-state index in [1.807, 2.05) is 60.4 Å². The lowest BCUT2D eigenvalue weighted by Gasteiger charge is -2.26. The molecule has 5 rings (SSSR count). The molecule has 0 radical (unpaired) electrons. The molecule has 8 nitrogen and oxygen atoms in total. The number of urea groups is 1. The molecule has 8 heteroatoms. The number of anilines is 1. The lowest BCUT2D eigenvalue weighted by Crippen LogP contribution is -2.38. The number of ether oxygens (including phenoxy) is 1. The average molecular weight is 527 g/mol. The van der Waals surface area contributed by atoms with Crippen LogP contribution in [0.15, 0.2) is 60.7 Å². The summed E-state index contributed by atoms with van der Waals surface area (Å²) < 4.78 is 7.20. The van der Waals surface area contributed by atoms with Gasteiger partial charge in [0.25, 0.3) is 0 Å². The number of rotatable bonds is 7. The number of carbonyl (C=O) groups is 2. The van der Waals surface area contributed by atoms with Crippen molar-refractivity contribution in [2.45, 2.75) is 52.5 Å². The number of amides is 2. The number of nitrogens with one attached hydrogen (secondary N) is 1. The molecule has 3 aromatic carbocycles. The average Bonchev–Trinajstić information content (AvgIpc) is 3.27. The van der Waals surface area contributed by atoms with Crippen molar-refractivity contribution in [3.63, 3.8) is 0 Å². The summed E-state index contributed by atoms with van der Waals surface area (Å²) in [5, 5.41) is 12.2. The monoisotopic (exact) mass is 526 g/mol. The Kier molecular flexibility index (Phi) is 7.81. The Balaban J connectivity index is 1.44. The Morgan fingerprint density at radius 2 is 1.77 bits per heavy atom. The van der Waals surface area contributed by atoms with Crippen LogP contribution >= 0.6 is 0 Å². The number of aromatic nitrogens is 2. The van der Waals surface area contributed by atoms with Gasteiger partial charge in [0.1, 0.15) is 11.6 Å². The quantitative estimate of drug-likeness (QED) is 0.198. The molecule has 1 saturated heterocycles. The van der Waals surface area contributed by atoms with E-state index in [9.17, 15) is 9.59 Å². The third kappa shape index (κ3) is 5.90. The summed E-state index contributed by atoms with van der Waals surface area (Å²) in [5.41, 5.74) is 6.44. The van der Waals surface area contributed by atoms with Gasteiger partial charge in [0.15, 0.2) is 0 Å². The SMILES string of the molecule is CCCc1nc2c(C)cc(NC(=O)N3CCCCC3)cc2n1Cc1ccc(-c2ccccc2OC(=O)O)cc1. The van der Waals surface area contributed by atoms with Crippen molar-refractivity contribution in [1.29, 1.82) is 0 Å². The van der Waals surface area contributed by atoms with Gasteiger partial charge < -0.3 is 24.6 Å². The van der Waals surface area contributed by atoms with Crippen LogP contribution in [-0.2, 0) is 13.0 Å². The van der Waals surface area contributed by atoms with Crippen LogP contribution in [-0.4, -0.2) is 44.8 Å². The van der Waals surface area contributed by atoms with Crippen molar-refractivity contribution < 1.29 is 19.4 Å². The maximum Gasteiger partial charge on any atom is 0.511 e. The van der Waals surface area contributed by atoms with Crippen LogP contribution in [0.5, 0.6) is 5.75 Å². The Morgan fingerprint density at radius 3 is 2.49 bits per heavy atom. The van der Waals surface area contributed by atoms with Crippen LogP contribution in [0.2, 0.25) is 0 Å². The lowest BCUT2D eigenvalue weighted by molar-refractivity contribution is 0.144. The number of benzene rings is 3. The third-order valence-electron chi connectivity index (χ3n) is 7.18. The number of carboxylic acid groups (broad SMARTS) is 1. The van der Waals surface area contributed by atoms with Gasteiger partial charge in [-0.1, -0.05) is 49.4 Å². The number of fused-ring (bicyclic) bond motifs is 1. The first-order valence-electron chi connectivity index (χ1n) is 13.6. The highest BCUT2D eigenvalue weighted by Gasteiger charge is 2.19. The van der Waals surface area contributed by atoms with Gasteiger partial charge in [-0.15, -0.1) is 0 Å². The van der Waals surface area contributed by atoms with Crippen LogP contribution in [0.25, 0.3) is 22.2 Å². The zero-order valence-corrected chi connectivity index (χ0v) is 22.4. The highest BCUT2D eigenvalue weighted by Crippen LogP contribution is 2.31. The van der Waals surface area contributed by atoms with Gasteiger partial charge in [-0.25, -0.2) is 14.6 Å². The topological polar surface area (TPSA) is 96.7 Å². The largest absolute Gasteiger partial charge is 0.511 e. The molecule has 1 aromatic heterocycles. The Hall–Kier alpha value is -4.33. The number of hydrogen-bond donors (Lipinski definition) is 2. The summed E-state index contributed by atoms with van der Waals surface area (Å²) in [5.74, 6) is 1.32. The first-order chi connectivity index (χ1) is 18.9. The molecule has 1 aliphatic heterocycles. The molecule has 0 saturated carbocycles. The second kappa shape index (κ2) is 11.6. The molecule has 1 fully saturated rings. The van der Waals surface area contributed by atoms with E-state index in [1.165, 1.54) is 6.42 Å². The predicted octanol–water partition coefficient (Wildman–Crippen LogP) is 7.09. The van der Waals surface area contributed by atoms with Crippen molar-refractivity contribution in [3.05, 3.63) is 77.6 Å². The normalized spacial score (nSPS) is 13.4. The van der Waals surface area contributed by atoms with Crippen molar-refractivity contribution in [2.24, 2.45) is 0 Å². The van der Waals surface area contributed by atoms with E-state index >= 15 is 0 Å². The smallest absolute Gasteiger partial charge is 0.449 e. The number of para-hydroxylation sites is 1. The molecular weight excluding hydrogens is 492 g/mol. The fourth-order valence-electron chi connectivity index (χ4n) is 5.26. The van der Waals surface area contributed by atoms with Gasteiger partial charge in [-0.2, -0.15) is 0 Å².